The van der Waals surface area contributed by atoms with Gasteiger partial charge >= 0.3 is 11.9 Å². The maximum absolute atomic E-state index is 10.6. The lowest BCUT2D eigenvalue weighted by Crippen LogP contribution is -2.06. The highest BCUT2D eigenvalue weighted by Gasteiger charge is 2.10. The number of aliphatic carboxylic acids is 2. The molecule has 0 aliphatic rings. The SMILES string of the molecule is CCC(CCCCCCCCCC(=O)O)CC(=O)O. The molecule has 19 heavy (non-hydrogen) atoms. The zero-order valence-electron chi connectivity index (χ0n) is 12.1. The fraction of sp³-hybridized carbons (Fsp3) is 0.867. The van der Waals surface area contributed by atoms with Gasteiger partial charge in [0.05, 0.1) is 0 Å². The lowest BCUT2D eigenvalue weighted by atomic mass is 9.95. The van der Waals surface area contributed by atoms with Crippen molar-refractivity contribution in [1.82, 2.24) is 0 Å². The molecule has 0 aliphatic carbocycles. The molecule has 0 saturated heterocycles. The summed E-state index contributed by atoms with van der Waals surface area (Å²) in [5, 5.41) is 17.2. The second-order valence-electron chi connectivity index (χ2n) is 5.28. The molecule has 0 radical (unpaired) electrons. The number of rotatable bonds is 13. The molecule has 4 nitrogen and oxygen atoms in total. The lowest BCUT2D eigenvalue weighted by molar-refractivity contribution is -0.138. The molecule has 0 spiro atoms. The Hall–Kier alpha value is -1.06. The topological polar surface area (TPSA) is 74.6 Å². The van der Waals surface area contributed by atoms with E-state index in [1.54, 1.807) is 0 Å². The van der Waals surface area contributed by atoms with Crippen molar-refractivity contribution in [1.29, 1.82) is 0 Å². The normalized spacial score (nSPS) is 12.3. The third-order valence-corrected chi connectivity index (χ3v) is 3.54. The lowest BCUT2D eigenvalue weighted by Gasteiger charge is -2.11. The van der Waals surface area contributed by atoms with Gasteiger partial charge in [0.2, 0.25) is 0 Å². The van der Waals surface area contributed by atoms with Crippen molar-refractivity contribution < 1.29 is 19.8 Å². The number of carboxylic acids is 2. The summed E-state index contributed by atoms with van der Waals surface area (Å²) in [5.74, 6) is -1.07. The Morgan fingerprint density at radius 1 is 0.842 bits per heavy atom. The van der Waals surface area contributed by atoms with Gasteiger partial charge < -0.3 is 10.2 Å². The van der Waals surface area contributed by atoms with E-state index in [0.29, 0.717) is 12.3 Å². The smallest absolute Gasteiger partial charge is 0.303 e. The Labute approximate surface area is 116 Å². The van der Waals surface area contributed by atoms with Crippen LogP contribution in [0.5, 0.6) is 0 Å². The highest BCUT2D eigenvalue weighted by atomic mass is 16.4. The van der Waals surface area contributed by atoms with E-state index in [-0.39, 0.29) is 6.42 Å². The quantitative estimate of drug-likeness (QED) is 0.495. The van der Waals surface area contributed by atoms with E-state index in [2.05, 4.69) is 6.92 Å². The Morgan fingerprint density at radius 3 is 1.84 bits per heavy atom. The van der Waals surface area contributed by atoms with Crippen molar-refractivity contribution in [3.63, 3.8) is 0 Å². The van der Waals surface area contributed by atoms with Gasteiger partial charge in [0, 0.05) is 12.8 Å². The standard InChI is InChI=1S/C15H28O4/c1-2-13(12-15(18)19)10-8-6-4-3-5-7-9-11-14(16)17/h13H,2-12H2,1H3,(H,16,17)(H,18,19). The molecule has 0 heterocycles. The summed E-state index contributed by atoms with van der Waals surface area (Å²) in [4.78, 5) is 20.9. The molecule has 1 unspecified atom stereocenters. The molecule has 0 saturated carbocycles. The van der Waals surface area contributed by atoms with Crippen LogP contribution in [0.2, 0.25) is 0 Å². The van der Waals surface area contributed by atoms with Gasteiger partial charge in [0.1, 0.15) is 0 Å². The van der Waals surface area contributed by atoms with Gasteiger partial charge in [-0.05, 0) is 18.8 Å². The van der Waals surface area contributed by atoms with Crippen LogP contribution in [-0.2, 0) is 9.59 Å². The minimum atomic E-state index is -0.705. The monoisotopic (exact) mass is 272 g/mol. The van der Waals surface area contributed by atoms with Gasteiger partial charge in [-0.25, -0.2) is 0 Å². The Balaban J connectivity index is 3.29. The molecular formula is C15H28O4. The number of hydrogen-bond acceptors (Lipinski definition) is 2. The molecule has 0 aliphatic heterocycles. The highest BCUT2D eigenvalue weighted by molar-refractivity contribution is 5.67. The van der Waals surface area contributed by atoms with Gasteiger partial charge in [-0.1, -0.05) is 51.9 Å². The maximum Gasteiger partial charge on any atom is 0.303 e. The molecule has 112 valence electrons. The first kappa shape index (κ1) is 17.9. The summed E-state index contributed by atoms with van der Waals surface area (Å²) in [7, 11) is 0. The average Bonchev–Trinajstić information content (AvgIpc) is 2.34. The third kappa shape index (κ3) is 13.2. The van der Waals surface area contributed by atoms with E-state index in [4.69, 9.17) is 10.2 Å². The van der Waals surface area contributed by atoms with Crippen LogP contribution in [0.4, 0.5) is 0 Å². The van der Waals surface area contributed by atoms with Crippen LogP contribution in [-0.4, -0.2) is 22.2 Å². The third-order valence-electron chi connectivity index (χ3n) is 3.54. The van der Waals surface area contributed by atoms with E-state index in [9.17, 15) is 9.59 Å². The minimum absolute atomic E-state index is 0.285. The van der Waals surface area contributed by atoms with E-state index in [1.807, 2.05) is 0 Å². The molecule has 4 heteroatoms. The van der Waals surface area contributed by atoms with Crippen LogP contribution in [0.1, 0.15) is 77.6 Å². The summed E-state index contributed by atoms with van der Waals surface area (Å²) >= 11 is 0. The second kappa shape index (κ2) is 12.0. The summed E-state index contributed by atoms with van der Waals surface area (Å²) in [6.07, 6.45) is 10.1. The minimum Gasteiger partial charge on any atom is -0.481 e. The van der Waals surface area contributed by atoms with Crippen molar-refractivity contribution in [2.24, 2.45) is 5.92 Å². The Bertz CT molecular complexity index is 251. The molecular weight excluding hydrogens is 244 g/mol. The van der Waals surface area contributed by atoms with Gasteiger partial charge in [0.15, 0.2) is 0 Å². The van der Waals surface area contributed by atoms with Gasteiger partial charge in [-0.3, -0.25) is 9.59 Å². The first-order valence-corrected chi connectivity index (χ1v) is 7.49. The van der Waals surface area contributed by atoms with Crippen molar-refractivity contribution in [3.8, 4) is 0 Å². The maximum atomic E-state index is 10.6. The summed E-state index contributed by atoms with van der Waals surface area (Å²) in [6.45, 7) is 2.05. The van der Waals surface area contributed by atoms with E-state index >= 15 is 0 Å². The molecule has 0 rings (SSSR count). The molecule has 2 N–H and O–H groups in total. The Kier molecular flexibility index (Phi) is 11.3. The number of unbranched alkanes of at least 4 members (excludes halogenated alkanes) is 6. The van der Waals surface area contributed by atoms with Crippen LogP contribution in [0.25, 0.3) is 0 Å². The van der Waals surface area contributed by atoms with Gasteiger partial charge in [0.25, 0.3) is 0 Å². The fourth-order valence-electron chi connectivity index (χ4n) is 2.29. The number of carbonyl (C=O) groups is 2. The molecule has 0 aromatic rings. The summed E-state index contributed by atoms with van der Waals surface area (Å²) < 4.78 is 0. The van der Waals surface area contributed by atoms with Crippen LogP contribution < -0.4 is 0 Å². The van der Waals surface area contributed by atoms with E-state index < -0.39 is 11.9 Å². The zero-order valence-corrected chi connectivity index (χ0v) is 12.1. The first-order valence-electron chi connectivity index (χ1n) is 7.49. The molecule has 0 amide bonds. The summed E-state index contributed by atoms with van der Waals surface area (Å²) in [6, 6.07) is 0. The number of carboxylic acid groups (broad SMARTS) is 2. The zero-order chi connectivity index (χ0) is 14.5. The summed E-state index contributed by atoms with van der Waals surface area (Å²) in [5.41, 5.74) is 0. The molecule has 0 bridgehead atoms. The molecule has 0 fully saturated rings. The van der Waals surface area contributed by atoms with Crippen LogP contribution in [0, 0.1) is 5.92 Å². The number of hydrogen-bond donors (Lipinski definition) is 2. The fourth-order valence-corrected chi connectivity index (χ4v) is 2.29. The van der Waals surface area contributed by atoms with Crippen molar-refractivity contribution in [2.75, 3.05) is 0 Å². The van der Waals surface area contributed by atoms with Gasteiger partial charge in [-0.15, -0.1) is 0 Å². The largest absolute Gasteiger partial charge is 0.481 e. The van der Waals surface area contributed by atoms with E-state index in [1.165, 1.54) is 6.42 Å². The first-order chi connectivity index (χ1) is 9.06. The average molecular weight is 272 g/mol. The van der Waals surface area contributed by atoms with Crippen molar-refractivity contribution in [3.05, 3.63) is 0 Å². The van der Waals surface area contributed by atoms with Crippen LogP contribution >= 0.6 is 0 Å². The Morgan fingerprint density at radius 2 is 1.37 bits per heavy atom. The van der Waals surface area contributed by atoms with Crippen molar-refractivity contribution in [2.45, 2.75) is 77.6 Å². The second-order valence-corrected chi connectivity index (χ2v) is 5.28. The highest BCUT2D eigenvalue weighted by Crippen LogP contribution is 2.18. The molecule has 0 aromatic heterocycles. The molecule has 1 atom stereocenters. The predicted octanol–water partition coefficient (Wildman–Crippen LogP) is 4.08. The van der Waals surface area contributed by atoms with E-state index in [0.717, 1.165) is 51.4 Å². The van der Waals surface area contributed by atoms with Crippen molar-refractivity contribution >= 4 is 11.9 Å². The van der Waals surface area contributed by atoms with Crippen LogP contribution in [0.15, 0.2) is 0 Å². The predicted molar refractivity (Wildman–Crippen MR) is 75.2 cm³/mol. The van der Waals surface area contributed by atoms with Gasteiger partial charge in [-0.2, -0.15) is 0 Å². The molecule has 0 aromatic carbocycles. The van der Waals surface area contributed by atoms with Crippen LogP contribution in [0.3, 0.4) is 0 Å².